The Morgan fingerprint density at radius 3 is 3.12 bits per heavy atom. The zero-order valence-electron chi connectivity index (χ0n) is 13.7. The van der Waals surface area contributed by atoms with Crippen LogP contribution in [0.4, 0.5) is 0 Å². The quantitative estimate of drug-likeness (QED) is 0.800. The van der Waals surface area contributed by atoms with Gasteiger partial charge >= 0.3 is 0 Å². The second-order valence-corrected chi connectivity index (χ2v) is 6.33. The zero-order valence-corrected chi connectivity index (χ0v) is 13.7. The van der Waals surface area contributed by atoms with E-state index in [-0.39, 0.29) is 11.9 Å². The number of fused-ring (bicyclic) bond motifs is 2. The monoisotopic (exact) mass is 324 g/mol. The molecule has 0 unspecified atom stereocenters. The molecule has 1 atom stereocenters. The molecule has 24 heavy (non-hydrogen) atoms. The fourth-order valence-electron chi connectivity index (χ4n) is 3.28. The maximum atomic E-state index is 12.2. The first kappa shape index (κ1) is 14.9. The van der Waals surface area contributed by atoms with Crippen LogP contribution in [0, 0.1) is 6.92 Å². The van der Waals surface area contributed by atoms with E-state index < -0.39 is 0 Å². The number of furan rings is 1. The van der Waals surface area contributed by atoms with Gasteiger partial charge in [-0.05, 0) is 25.5 Å². The molecule has 0 radical (unpaired) electrons. The smallest absolute Gasteiger partial charge is 0.220 e. The van der Waals surface area contributed by atoms with Crippen LogP contribution in [-0.4, -0.2) is 26.7 Å². The third kappa shape index (κ3) is 2.91. The van der Waals surface area contributed by atoms with Gasteiger partial charge in [0.2, 0.25) is 5.91 Å². The Balaban J connectivity index is 1.33. The number of aryl methyl sites for hydroxylation is 3. The molecule has 0 spiro atoms. The maximum Gasteiger partial charge on any atom is 0.220 e. The van der Waals surface area contributed by atoms with Crippen LogP contribution >= 0.6 is 0 Å². The molecular weight excluding hydrogens is 304 g/mol. The van der Waals surface area contributed by atoms with E-state index in [1.807, 2.05) is 37.3 Å². The van der Waals surface area contributed by atoms with Crippen LogP contribution in [0.2, 0.25) is 0 Å². The predicted octanol–water partition coefficient (Wildman–Crippen LogP) is 2.40. The molecule has 0 fully saturated rings. The SMILES string of the molecule is Cc1nnc2n1C[C@@H](NC(=O)CCc1cc3ccccc3o1)CC2. The van der Waals surface area contributed by atoms with Crippen LogP contribution in [0.5, 0.6) is 0 Å². The number of hydrogen-bond donors (Lipinski definition) is 1. The zero-order chi connectivity index (χ0) is 16.5. The molecule has 1 N–H and O–H groups in total. The van der Waals surface area contributed by atoms with E-state index in [9.17, 15) is 4.79 Å². The van der Waals surface area contributed by atoms with Crippen molar-refractivity contribution in [3.63, 3.8) is 0 Å². The number of aromatic nitrogens is 3. The van der Waals surface area contributed by atoms with E-state index in [0.29, 0.717) is 12.8 Å². The normalized spacial score (nSPS) is 17.0. The molecule has 2 aromatic heterocycles. The average Bonchev–Trinajstić information content (AvgIpc) is 3.16. The highest BCUT2D eigenvalue weighted by Gasteiger charge is 2.22. The summed E-state index contributed by atoms with van der Waals surface area (Å²) in [6, 6.07) is 10.1. The number of carbonyl (C=O) groups excluding carboxylic acids is 1. The van der Waals surface area contributed by atoms with E-state index in [2.05, 4.69) is 20.1 Å². The van der Waals surface area contributed by atoms with E-state index in [1.54, 1.807) is 0 Å². The maximum absolute atomic E-state index is 12.2. The highest BCUT2D eigenvalue weighted by molar-refractivity contribution is 5.79. The highest BCUT2D eigenvalue weighted by atomic mass is 16.3. The number of para-hydroxylation sites is 1. The Hall–Kier alpha value is -2.63. The minimum Gasteiger partial charge on any atom is -0.461 e. The Bertz CT molecular complexity index is 847. The van der Waals surface area contributed by atoms with Gasteiger partial charge in [-0.1, -0.05) is 18.2 Å². The van der Waals surface area contributed by atoms with Crippen molar-refractivity contribution in [3.8, 4) is 0 Å². The Labute approximate surface area is 139 Å². The minimum absolute atomic E-state index is 0.0645. The number of carbonyl (C=O) groups is 1. The molecule has 0 aliphatic carbocycles. The lowest BCUT2D eigenvalue weighted by molar-refractivity contribution is -0.122. The van der Waals surface area contributed by atoms with Gasteiger partial charge in [0, 0.05) is 37.2 Å². The van der Waals surface area contributed by atoms with Gasteiger partial charge in [0.1, 0.15) is 23.0 Å². The summed E-state index contributed by atoms with van der Waals surface area (Å²) in [6.45, 7) is 2.70. The Morgan fingerprint density at radius 1 is 1.38 bits per heavy atom. The second-order valence-electron chi connectivity index (χ2n) is 6.33. The van der Waals surface area contributed by atoms with Crippen LogP contribution in [0.25, 0.3) is 11.0 Å². The average molecular weight is 324 g/mol. The van der Waals surface area contributed by atoms with Crippen molar-refractivity contribution in [2.45, 2.75) is 45.2 Å². The number of rotatable bonds is 4. The summed E-state index contributed by atoms with van der Waals surface area (Å²) < 4.78 is 7.85. The molecular formula is C18H20N4O2. The number of amides is 1. The summed E-state index contributed by atoms with van der Waals surface area (Å²) in [5, 5.41) is 12.5. The van der Waals surface area contributed by atoms with E-state index >= 15 is 0 Å². The number of benzene rings is 1. The number of nitrogens with one attached hydrogen (secondary N) is 1. The van der Waals surface area contributed by atoms with E-state index in [4.69, 9.17) is 4.42 Å². The van der Waals surface area contributed by atoms with Gasteiger partial charge in [-0.3, -0.25) is 4.79 Å². The summed E-state index contributed by atoms with van der Waals surface area (Å²) >= 11 is 0. The largest absolute Gasteiger partial charge is 0.461 e. The summed E-state index contributed by atoms with van der Waals surface area (Å²) in [6.07, 6.45) is 2.82. The van der Waals surface area contributed by atoms with Gasteiger partial charge in [0.15, 0.2) is 0 Å². The minimum atomic E-state index is 0.0645. The topological polar surface area (TPSA) is 73.0 Å². The summed E-state index contributed by atoms with van der Waals surface area (Å²) in [7, 11) is 0. The molecule has 0 saturated carbocycles. The van der Waals surface area contributed by atoms with Crippen LogP contribution in [0.1, 0.15) is 30.3 Å². The fraction of sp³-hybridized carbons (Fsp3) is 0.389. The van der Waals surface area contributed by atoms with E-state index in [1.165, 1.54) is 0 Å². The van der Waals surface area contributed by atoms with E-state index in [0.717, 1.165) is 47.8 Å². The van der Waals surface area contributed by atoms with Crippen molar-refractivity contribution in [1.29, 1.82) is 0 Å². The Morgan fingerprint density at radius 2 is 2.25 bits per heavy atom. The standard InChI is InChI=1S/C18H20N4O2/c1-12-20-21-17-8-6-14(11-22(12)17)19-18(23)9-7-15-10-13-4-2-3-5-16(13)24-15/h2-5,10,14H,6-9,11H2,1H3,(H,19,23)/t14-/m0/s1. The molecule has 1 amide bonds. The lowest BCUT2D eigenvalue weighted by Gasteiger charge is -2.24. The molecule has 3 heterocycles. The van der Waals surface area contributed by atoms with Crippen LogP contribution < -0.4 is 5.32 Å². The molecule has 0 saturated heterocycles. The van der Waals surface area contributed by atoms with Crippen LogP contribution in [0.3, 0.4) is 0 Å². The van der Waals surface area contributed by atoms with Crippen LogP contribution in [0.15, 0.2) is 34.7 Å². The first-order valence-corrected chi connectivity index (χ1v) is 8.34. The van der Waals surface area contributed by atoms with Crippen LogP contribution in [-0.2, 0) is 24.2 Å². The number of hydrogen-bond acceptors (Lipinski definition) is 4. The van der Waals surface area contributed by atoms with Gasteiger partial charge in [-0.25, -0.2) is 0 Å². The fourth-order valence-corrected chi connectivity index (χ4v) is 3.28. The Kier molecular flexibility index (Phi) is 3.80. The van der Waals surface area contributed by atoms with Crippen molar-refractivity contribution in [2.75, 3.05) is 0 Å². The van der Waals surface area contributed by atoms with Gasteiger partial charge in [0.25, 0.3) is 0 Å². The van der Waals surface area contributed by atoms with Gasteiger partial charge in [-0.15, -0.1) is 10.2 Å². The predicted molar refractivity (Wildman–Crippen MR) is 89.5 cm³/mol. The van der Waals surface area contributed by atoms with Crippen molar-refractivity contribution >= 4 is 16.9 Å². The molecule has 0 bridgehead atoms. The van der Waals surface area contributed by atoms with Gasteiger partial charge < -0.3 is 14.3 Å². The van der Waals surface area contributed by atoms with Crippen molar-refractivity contribution in [2.24, 2.45) is 0 Å². The molecule has 1 aliphatic rings. The molecule has 124 valence electrons. The molecule has 1 aliphatic heterocycles. The highest BCUT2D eigenvalue weighted by Crippen LogP contribution is 2.20. The third-order valence-electron chi connectivity index (χ3n) is 4.57. The summed E-state index contributed by atoms with van der Waals surface area (Å²) in [4.78, 5) is 12.2. The molecule has 6 heteroatoms. The van der Waals surface area contributed by atoms with Crippen molar-refractivity contribution in [3.05, 3.63) is 47.7 Å². The second kappa shape index (κ2) is 6.11. The lowest BCUT2D eigenvalue weighted by atomic mass is 10.1. The third-order valence-corrected chi connectivity index (χ3v) is 4.57. The first-order valence-electron chi connectivity index (χ1n) is 8.34. The number of nitrogens with zero attached hydrogens (tertiary/aromatic N) is 3. The molecule has 6 nitrogen and oxygen atoms in total. The van der Waals surface area contributed by atoms with Crippen molar-refractivity contribution in [1.82, 2.24) is 20.1 Å². The molecule has 4 rings (SSSR count). The molecule has 1 aromatic carbocycles. The molecule has 3 aromatic rings. The van der Waals surface area contributed by atoms with Crippen molar-refractivity contribution < 1.29 is 9.21 Å². The lowest BCUT2D eigenvalue weighted by Crippen LogP contribution is -2.41. The first-order chi connectivity index (χ1) is 11.7. The summed E-state index contributed by atoms with van der Waals surface area (Å²) in [5.41, 5.74) is 0.871. The van der Waals surface area contributed by atoms with Gasteiger partial charge in [-0.2, -0.15) is 0 Å². The summed E-state index contributed by atoms with van der Waals surface area (Å²) in [5.74, 6) is 2.84. The van der Waals surface area contributed by atoms with Gasteiger partial charge in [0.05, 0.1) is 0 Å².